The molecule has 1 aromatic carbocycles. The zero-order valence-corrected chi connectivity index (χ0v) is 16.1. The van der Waals surface area contributed by atoms with E-state index in [1.165, 1.54) is 22.0 Å². The molecule has 29 heavy (non-hydrogen) atoms. The van der Waals surface area contributed by atoms with Crippen LogP contribution in [-0.2, 0) is 13.1 Å². The van der Waals surface area contributed by atoms with Crippen molar-refractivity contribution in [1.82, 2.24) is 24.5 Å². The number of rotatable bonds is 7. The summed E-state index contributed by atoms with van der Waals surface area (Å²) in [7, 11) is 0. The number of nitrogens with zero attached hydrogens (tertiary/aromatic N) is 5. The number of benzene rings is 1. The molecular formula is C19H17FN6O2S. The number of hydrogen-bond donors (Lipinski definition) is 1. The summed E-state index contributed by atoms with van der Waals surface area (Å²) in [5, 5.41) is 7.86. The summed E-state index contributed by atoms with van der Waals surface area (Å²) in [5.74, 6) is 0.542. The average molecular weight is 412 g/mol. The predicted molar refractivity (Wildman–Crippen MR) is 107 cm³/mol. The summed E-state index contributed by atoms with van der Waals surface area (Å²) in [5.41, 5.74) is 7.36. The molecule has 4 rings (SSSR count). The van der Waals surface area contributed by atoms with Gasteiger partial charge in [0.1, 0.15) is 6.33 Å². The average Bonchev–Trinajstić information content (AvgIpc) is 3.50. The van der Waals surface area contributed by atoms with Crippen LogP contribution in [-0.4, -0.2) is 31.0 Å². The molecule has 0 aliphatic carbocycles. The Morgan fingerprint density at radius 2 is 2.00 bits per heavy atom. The van der Waals surface area contributed by atoms with Crippen molar-refractivity contribution in [3.8, 4) is 21.8 Å². The first-order valence-corrected chi connectivity index (χ1v) is 9.56. The molecule has 0 atom stereocenters. The van der Waals surface area contributed by atoms with Crippen molar-refractivity contribution < 1.29 is 8.91 Å². The first-order valence-electron chi connectivity index (χ1n) is 8.74. The molecule has 0 aliphatic heterocycles. The minimum Gasteiger partial charge on any atom is -0.342 e. The number of halogens is 1. The molecule has 2 N–H and O–H groups in total. The zero-order chi connectivity index (χ0) is 20.2. The number of hydrogen-bond acceptors (Lipinski definition) is 7. The van der Waals surface area contributed by atoms with Gasteiger partial charge in [-0.15, -0.1) is 11.3 Å². The molecule has 4 aromatic rings. The van der Waals surface area contributed by atoms with E-state index in [9.17, 15) is 9.18 Å². The Labute approximate surface area is 168 Å². The van der Waals surface area contributed by atoms with Gasteiger partial charge in [-0.05, 0) is 23.3 Å². The monoisotopic (exact) mass is 412 g/mol. The molecule has 0 amide bonds. The lowest BCUT2D eigenvalue weighted by Gasteiger charge is -2.01. The highest BCUT2D eigenvalue weighted by Crippen LogP contribution is 2.29. The third-order valence-electron chi connectivity index (χ3n) is 4.34. The quantitative estimate of drug-likeness (QED) is 0.500. The van der Waals surface area contributed by atoms with Gasteiger partial charge in [-0.2, -0.15) is 10.1 Å². The van der Waals surface area contributed by atoms with Gasteiger partial charge >= 0.3 is 5.69 Å². The van der Waals surface area contributed by atoms with Gasteiger partial charge in [0, 0.05) is 21.9 Å². The normalized spacial score (nSPS) is 11.9. The summed E-state index contributed by atoms with van der Waals surface area (Å²) in [4.78, 5) is 18.5. The molecule has 0 saturated heterocycles. The maximum absolute atomic E-state index is 12.7. The van der Waals surface area contributed by atoms with Gasteiger partial charge in [0.25, 0.3) is 0 Å². The zero-order valence-electron chi connectivity index (χ0n) is 15.2. The second-order valence-electron chi connectivity index (χ2n) is 6.27. The van der Waals surface area contributed by atoms with Crippen LogP contribution in [0.5, 0.6) is 0 Å². The van der Waals surface area contributed by atoms with Crippen LogP contribution in [0, 0.1) is 0 Å². The molecule has 0 saturated carbocycles. The van der Waals surface area contributed by atoms with E-state index in [4.69, 9.17) is 10.3 Å². The topological polar surface area (TPSA) is 105 Å². The van der Waals surface area contributed by atoms with Crippen molar-refractivity contribution in [2.24, 2.45) is 5.73 Å². The van der Waals surface area contributed by atoms with E-state index < -0.39 is 0 Å². The van der Waals surface area contributed by atoms with Crippen LogP contribution in [0.25, 0.3) is 21.8 Å². The SMILES string of the molecule is NC/C(=C\F)Cn1ncn(Cc2ccc(-c3ccc(-c4ncon4)cc3)s2)c1=O. The summed E-state index contributed by atoms with van der Waals surface area (Å²) in [6.45, 7) is 0.471. The Bertz CT molecular complexity index is 1170. The van der Waals surface area contributed by atoms with Gasteiger partial charge in [0.2, 0.25) is 12.2 Å². The van der Waals surface area contributed by atoms with Gasteiger partial charge in [-0.25, -0.2) is 13.9 Å². The third-order valence-corrected chi connectivity index (χ3v) is 5.46. The van der Waals surface area contributed by atoms with E-state index in [1.807, 2.05) is 36.4 Å². The fourth-order valence-corrected chi connectivity index (χ4v) is 3.80. The Balaban J connectivity index is 1.49. The van der Waals surface area contributed by atoms with E-state index in [-0.39, 0.29) is 18.8 Å². The highest BCUT2D eigenvalue weighted by atomic mass is 32.1. The van der Waals surface area contributed by atoms with Crippen molar-refractivity contribution in [2.75, 3.05) is 6.54 Å². The van der Waals surface area contributed by atoms with Crippen LogP contribution in [0.1, 0.15) is 4.88 Å². The number of nitrogens with two attached hydrogens (primary N) is 1. The number of thiophene rings is 1. The highest BCUT2D eigenvalue weighted by Gasteiger charge is 2.10. The first kappa shape index (κ1) is 19.0. The van der Waals surface area contributed by atoms with Crippen molar-refractivity contribution in [3.63, 3.8) is 0 Å². The molecular weight excluding hydrogens is 395 g/mol. The summed E-state index contributed by atoms with van der Waals surface area (Å²) in [6, 6.07) is 11.8. The van der Waals surface area contributed by atoms with Crippen LogP contribution in [0.15, 0.2) is 70.3 Å². The summed E-state index contributed by atoms with van der Waals surface area (Å²) >= 11 is 1.59. The lowest BCUT2D eigenvalue weighted by Crippen LogP contribution is -2.26. The first-order chi connectivity index (χ1) is 14.2. The molecule has 148 valence electrons. The van der Waals surface area contributed by atoms with Gasteiger partial charge in [0.05, 0.1) is 19.4 Å². The van der Waals surface area contributed by atoms with Gasteiger partial charge < -0.3 is 10.3 Å². The molecule has 0 spiro atoms. The Kier molecular flexibility index (Phi) is 5.45. The van der Waals surface area contributed by atoms with Crippen LogP contribution in [0.3, 0.4) is 0 Å². The van der Waals surface area contributed by atoms with Crippen LogP contribution in [0.4, 0.5) is 4.39 Å². The van der Waals surface area contributed by atoms with E-state index in [2.05, 4.69) is 15.2 Å². The molecule has 0 radical (unpaired) electrons. The lowest BCUT2D eigenvalue weighted by molar-refractivity contribution is 0.419. The van der Waals surface area contributed by atoms with Crippen LogP contribution >= 0.6 is 11.3 Å². The second kappa shape index (κ2) is 8.33. The highest BCUT2D eigenvalue weighted by molar-refractivity contribution is 7.15. The van der Waals surface area contributed by atoms with E-state index >= 15 is 0 Å². The predicted octanol–water partition coefficient (Wildman–Crippen LogP) is 2.68. The molecule has 0 aliphatic rings. The number of aromatic nitrogens is 5. The molecule has 3 heterocycles. The second-order valence-corrected chi connectivity index (χ2v) is 7.44. The fourth-order valence-electron chi connectivity index (χ4n) is 2.79. The molecule has 3 aromatic heterocycles. The molecule has 10 heteroatoms. The van der Waals surface area contributed by atoms with Crippen molar-refractivity contribution in [3.05, 3.63) is 76.4 Å². The molecule has 0 fully saturated rings. The van der Waals surface area contributed by atoms with E-state index in [1.54, 1.807) is 11.3 Å². The van der Waals surface area contributed by atoms with Gasteiger partial charge in [-0.3, -0.25) is 4.57 Å². The third kappa shape index (κ3) is 4.08. The molecule has 8 nitrogen and oxygen atoms in total. The summed E-state index contributed by atoms with van der Waals surface area (Å²) in [6.07, 6.45) is 3.17. The standard InChI is InChI=1S/C19H17FN6O2S/c20-7-13(8-21)9-26-19(27)25(11-23-26)10-16-5-6-17(29-16)14-1-3-15(4-2-14)18-22-12-28-24-18/h1-7,11-12H,8-10,21H2/b13-7+. The van der Waals surface area contributed by atoms with E-state index in [0.717, 1.165) is 20.9 Å². The van der Waals surface area contributed by atoms with Crippen molar-refractivity contribution >= 4 is 11.3 Å². The van der Waals surface area contributed by atoms with Crippen LogP contribution < -0.4 is 11.4 Å². The van der Waals surface area contributed by atoms with Gasteiger partial charge in [0.15, 0.2) is 0 Å². The van der Waals surface area contributed by atoms with Crippen LogP contribution in [0.2, 0.25) is 0 Å². The minimum absolute atomic E-state index is 0.0373. The van der Waals surface area contributed by atoms with Gasteiger partial charge in [-0.1, -0.05) is 29.4 Å². The maximum atomic E-state index is 12.7. The molecule has 0 unspecified atom stereocenters. The Morgan fingerprint density at radius 3 is 2.69 bits per heavy atom. The largest absolute Gasteiger partial charge is 0.346 e. The summed E-state index contributed by atoms with van der Waals surface area (Å²) < 4.78 is 20.1. The minimum atomic E-state index is -0.308. The molecule has 0 bridgehead atoms. The van der Waals surface area contributed by atoms with Crippen molar-refractivity contribution in [1.29, 1.82) is 0 Å². The lowest BCUT2D eigenvalue weighted by atomic mass is 10.1. The smallest absolute Gasteiger partial charge is 0.342 e. The Hall–Kier alpha value is -3.37. The Morgan fingerprint density at radius 1 is 1.21 bits per heavy atom. The van der Waals surface area contributed by atoms with Crippen molar-refractivity contribution in [2.45, 2.75) is 13.1 Å². The maximum Gasteiger partial charge on any atom is 0.346 e. The van der Waals surface area contributed by atoms with E-state index in [0.29, 0.717) is 24.3 Å². The fraction of sp³-hybridized carbons (Fsp3) is 0.158.